The van der Waals surface area contributed by atoms with Crippen LogP contribution in [0, 0.1) is 17.7 Å². The van der Waals surface area contributed by atoms with Gasteiger partial charge in [-0.2, -0.15) is 0 Å². The number of nitrogens with one attached hydrogen (secondary N) is 2. The maximum Gasteiger partial charge on any atom is 0.319 e. The molecule has 0 aromatic heterocycles. The second-order valence-corrected chi connectivity index (χ2v) is 8.75. The van der Waals surface area contributed by atoms with Crippen LogP contribution >= 0.6 is 0 Å². The van der Waals surface area contributed by atoms with Crippen molar-refractivity contribution in [2.75, 3.05) is 25.0 Å². The number of aryl methyl sites for hydroxylation is 1. The van der Waals surface area contributed by atoms with Crippen molar-refractivity contribution in [3.63, 3.8) is 0 Å². The van der Waals surface area contributed by atoms with Gasteiger partial charge in [-0.05, 0) is 86.9 Å². The number of carbonyl (C=O) groups excluding carboxylic acids is 1. The molecule has 2 aromatic carbocycles. The number of amides is 2. The molecule has 2 aromatic rings. The van der Waals surface area contributed by atoms with E-state index in [9.17, 15) is 9.18 Å². The number of nitrogens with zero attached hydrogens (tertiary/aromatic N) is 1. The van der Waals surface area contributed by atoms with Crippen LogP contribution in [0.15, 0.2) is 54.6 Å². The Morgan fingerprint density at radius 2 is 1.83 bits per heavy atom. The highest BCUT2D eigenvalue weighted by Gasteiger charge is 2.37. The van der Waals surface area contributed by atoms with Crippen molar-refractivity contribution >= 4 is 11.7 Å². The molecule has 2 aliphatic rings. The van der Waals surface area contributed by atoms with Crippen LogP contribution in [0.3, 0.4) is 0 Å². The summed E-state index contributed by atoms with van der Waals surface area (Å²) < 4.78 is 13.1. The van der Waals surface area contributed by atoms with Gasteiger partial charge in [-0.25, -0.2) is 9.18 Å². The van der Waals surface area contributed by atoms with Gasteiger partial charge in [0, 0.05) is 18.3 Å². The number of carbonyl (C=O) groups is 1. The molecule has 3 atom stereocenters. The fraction of sp³-hybridized carbons (Fsp3) is 0.480. The number of anilines is 1. The average molecular weight is 410 g/mol. The summed E-state index contributed by atoms with van der Waals surface area (Å²) in [5.74, 6) is 0.925. The van der Waals surface area contributed by atoms with Crippen LogP contribution in [0.25, 0.3) is 0 Å². The van der Waals surface area contributed by atoms with Crippen molar-refractivity contribution in [1.29, 1.82) is 0 Å². The minimum Gasteiger partial charge on any atom is -0.335 e. The van der Waals surface area contributed by atoms with Gasteiger partial charge in [-0.3, -0.25) is 0 Å². The molecule has 1 aliphatic carbocycles. The molecule has 5 heteroatoms. The van der Waals surface area contributed by atoms with Crippen LogP contribution in [0.5, 0.6) is 0 Å². The number of fused-ring (bicyclic) bond motifs is 1. The molecule has 1 saturated carbocycles. The molecule has 3 unspecified atom stereocenters. The molecule has 30 heavy (non-hydrogen) atoms. The number of piperidine rings is 1. The van der Waals surface area contributed by atoms with Crippen molar-refractivity contribution < 1.29 is 9.18 Å². The number of urea groups is 1. The van der Waals surface area contributed by atoms with E-state index in [1.807, 2.05) is 0 Å². The van der Waals surface area contributed by atoms with Gasteiger partial charge < -0.3 is 15.5 Å². The molecule has 1 saturated heterocycles. The molecule has 1 aliphatic heterocycles. The van der Waals surface area contributed by atoms with Crippen LogP contribution < -0.4 is 10.6 Å². The number of hydrogen-bond donors (Lipinski definition) is 2. The van der Waals surface area contributed by atoms with Gasteiger partial charge in [-0.1, -0.05) is 36.8 Å². The predicted octanol–water partition coefficient (Wildman–Crippen LogP) is 5.07. The van der Waals surface area contributed by atoms with Gasteiger partial charge >= 0.3 is 6.03 Å². The van der Waals surface area contributed by atoms with Gasteiger partial charge in [0.15, 0.2) is 0 Å². The van der Waals surface area contributed by atoms with E-state index in [1.54, 1.807) is 12.1 Å². The van der Waals surface area contributed by atoms with Crippen molar-refractivity contribution in [3.05, 3.63) is 66.0 Å². The van der Waals surface area contributed by atoms with Gasteiger partial charge in [0.2, 0.25) is 0 Å². The van der Waals surface area contributed by atoms with E-state index in [2.05, 4.69) is 45.9 Å². The number of hydrogen-bond acceptors (Lipinski definition) is 2. The first-order valence-electron chi connectivity index (χ1n) is 11.3. The first kappa shape index (κ1) is 20.9. The summed E-state index contributed by atoms with van der Waals surface area (Å²) in [7, 11) is 0. The van der Waals surface area contributed by atoms with E-state index < -0.39 is 0 Å². The number of benzene rings is 2. The van der Waals surface area contributed by atoms with E-state index in [-0.39, 0.29) is 17.9 Å². The Balaban J connectivity index is 1.28. The highest BCUT2D eigenvalue weighted by Crippen LogP contribution is 2.36. The molecular formula is C25H32FN3O. The van der Waals surface area contributed by atoms with Crippen molar-refractivity contribution in [2.45, 2.75) is 44.6 Å². The SMILES string of the molecule is O=C(Nc1ccc(F)cc1)NC1CCCC2CCN(CCCc3ccccc3)CC21. The zero-order valence-electron chi connectivity index (χ0n) is 17.5. The van der Waals surface area contributed by atoms with Crippen LogP contribution in [-0.2, 0) is 6.42 Å². The summed E-state index contributed by atoms with van der Waals surface area (Å²) >= 11 is 0. The second kappa shape index (κ2) is 10.1. The maximum absolute atomic E-state index is 13.1. The normalized spacial score (nSPS) is 24.1. The lowest BCUT2D eigenvalue weighted by Crippen LogP contribution is -2.53. The average Bonchev–Trinajstić information content (AvgIpc) is 2.76. The Hall–Kier alpha value is -2.40. The Morgan fingerprint density at radius 1 is 1.03 bits per heavy atom. The van der Waals surface area contributed by atoms with E-state index in [0.717, 1.165) is 25.9 Å². The molecule has 1 heterocycles. The third kappa shape index (κ3) is 5.60. The molecule has 160 valence electrons. The first-order chi connectivity index (χ1) is 14.7. The molecule has 0 bridgehead atoms. The van der Waals surface area contributed by atoms with Gasteiger partial charge in [0.25, 0.3) is 0 Å². The van der Waals surface area contributed by atoms with E-state index in [0.29, 0.717) is 17.5 Å². The predicted molar refractivity (Wildman–Crippen MR) is 119 cm³/mol. The van der Waals surface area contributed by atoms with E-state index in [1.165, 1.54) is 49.9 Å². The minimum absolute atomic E-state index is 0.187. The van der Waals surface area contributed by atoms with Gasteiger partial charge in [0.05, 0.1) is 0 Å². The lowest BCUT2D eigenvalue weighted by molar-refractivity contribution is 0.0641. The molecular weight excluding hydrogens is 377 g/mol. The number of likely N-dealkylation sites (tertiary alicyclic amines) is 1. The van der Waals surface area contributed by atoms with Crippen LogP contribution in [0.2, 0.25) is 0 Å². The zero-order chi connectivity index (χ0) is 20.8. The minimum atomic E-state index is -0.300. The second-order valence-electron chi connectivity index (χ2n) is 8.75. The fourth-order valence-electron chi connectivity index (χ4n) is 5.13. The third-order valence-corrected chi connectivity index (χ3v) is 6.70. The van der Waals surface area contributed by atoms with Gasteiger partial charge in [-0.15, -0.1) is 0 Å². The third-order valence-electron chi connectivity index (χ3n) is 6.70. The van der Waals surface area contributed by atoms with E-state index >= 15 is 0 Å². The summed E-state index contributed by atoms with van der Waals surface area (Å²) in [5.41, 5.74) is 2.02. The summed E-state index contributed by atoms with van der Waals surface area (Å²) in [6, 6.07) is 16.6. The summed E-state index contributed by atoms with van der Waals surface area (Å²) in [6.45, 7) is 3.36. The first-order valence-corrected chi connectivity index (χ1v) is 11.3. The Bertz CT molecular complexity index is 811. The van der Waals surface area contributed by atoms with Gasteiger partial charge in [0.1, 0.15) is 5.82 Å². The number of halogens is 1. The smallest absolute Gasteiger partial charge is 0.319 e. The monoisotopic (exact) mass is 409 g/mol. The van der Waals surface area contributed by atoms with E-state index in [4.69, 9.17) is 0 Å². The molecule has 2 amide bonds. The summed E-state index contributed by atoms with van der Waals surface area (Å²) in [4.78, 5) is 15.1. The Kier molecular flexibility index (Phi) is 7.00. The van der Waals surface area contributed by atoms with Crippen molar-refractivity contribution in [1.82, 2.24) is 10.2 Å². The summed E-state index contributed by atoms with van der Waals surface area (Å²) in [6.07, 6.45) is 7.01. The highest BCUT2D eigenvalue weighted by atomic mass is 19.1. The molecule has 0 spiro atoms. The molecule has 4 nitrogen and oxygen atoms in total. The maximum atomic E-state index is 13.1. The van der Waals surface area contributed by atoms with Crippen LogP contribution in [0.4, 0.5) is 14.9 Å². The zero-order valence-corrected chi connectivity index (χ0v) is 17.5. The Morgan fingerprint density at radius 3 is 2.63 bits per heavy atom. The topological polar surface area (TPSA) is 44.4 Å². The summed E-state index contributed by atoms with van der Waals surface area (Å²) in [5, 5.41) is 6.06. The lowest BCUT2D eigenvalue weighted by atomic mass is 9.72. The largest absolute Gasteiger partial charge is 0.335 e. The standard InChI is InChI=1S/C25H32FN3O/c26-21-11-13-22(14-12-21)27-25(30)28-24-10-4-9-20-15-17-29(18-23(20)24)16-5-8-19-6-2-1-3-7-19/h1-3,6-7,11-14,20,23-24H,4-5,8-10,15-18H2,(H2,27,28,30). The molecule has 4 rings (SSSR count). The van der Waals surface area contributed by atoms with Crippen molar-refractivity contribution in [2.24, 2.45) is 11.8 Å². The molecule has 0 radical (unpaired) electrons. The highest BCUT2D eigenvalue weighted by molar-refractivity contribution is 5.89. The fourth-order valence-corrected chi connectivity index (χ4v) is 5.13. The Labute approximate surface area is 178 Å². The molecule has 2 fully saturated rings. The quantitative estimate of drug-likeness (QED) is 0.700. The van der Waals surface area contributed by atoms with Crippen LogP contribution in [0.1, 0.15) is 37.7 Å². The molecule has 2 N–H and O–H groups in total. The van der Waals surface area contributed by atoms with Crippen LogP contribution in [-0.4, -0.2) is 36.6 Å². The lowest BCUT2D eigenvalue weighted by Gasteiger charge is -2.45. The van der Waals surface area contributed by atoms with Crippen molar-refractivity contribution in [3.8, 4) is 0 Å². The number of rotatable bonds is 6.